The fourth-order valence-corrected chi connectivity index (χ4v) is 4.04. The Morgan fingerprint density at radius 3 is 2.60 bits per heavy atom. The van der Waals surface area contributed by atoms with Crippen molar-refractivity contribution in [1.82, 2.24) is 19.9 Å². The van der Waals surface area contributed by atoms with Gasteiger partial charge in [-0.2, -0.15) is 4.98 Å². The normalized spacial score (nSPS) is 13.4. The molecule has 0 spiro atoms. The van der Waals surface area contributed by atoms with Crippen LogP contribution < -0.4 is 26.3 Å². The number of aromatic nitrogens is 3. The molecule has 1 saturated heterocycles. The molecule has 2 aromatic carbocycles. The van der Waals surface area contributed by atoms with Crippen molar-refractivity contribution in [1.29, 1.82) is 0 Å². The van der Waals surface area contributed by atoms with Gasteiger partial charge in [0.05, 0.1) is 5.39 Å². The lowest BCUT2D eigenvalue weighted by molar-refractivity contribution is -0.111. The Labute approximate surface area is 202 Å². The first-order valence-corrected chi connectivity index (χ1v) is 11.4. The molecule has 2 aromatic heterocycles. The average molecular weight is 468 g/mol. The van der Waals surface area contributed by atoms with Gasteiger partial charge in [-0.15, -0.1) is 0 Å². The molecular weight excluding hydrogens is 442 g/mol. The van der Waals surface area contributed by atoms with Crippen molar-refractivity contribution in [2.45, 2.75) is 0 Å². The summed E-state index contributed by atoms with van der Waals surface area (Å²) in [4.78, 5) is 35.5. The molecule has 9 heteroatoms. The standard InChI is InChI=1S/C26H25N7O2/c1-2-24(35)29-19-4-3-5-21(16-19)33-13-10-23(34)22-17-28-26(31-25(22)33)30-18-6-8-20(9-7-18)32-14-11-27-12-15-32/h2-10,13,16-17,27H,1,11-12,14-15H2,(H,29,35)(H,28,30,31). The molecule has 0 unspecified atom stereocenters. The van der Waals surface area contributed by atoms with Crippen LogP contribution in [0.25, 0.3) is 16.7 Å². The SMILES string of the molecule is C=CC(=O)Nc1cccc(-n2ccc(=O)c3cnc(Nc4ccc(N5CCNCC5)cc4)nc32)c1. The van der Waals surface area contributed by atoms with E-state index in [0.29, 0.717) is 22.7 Å². The second-order valence-corrected chi connectivity index (χ2v) is 8.13. The average Bonchev–Trinajstić information content (AvgIpc) is 2.90. The number of pyridine rings is 1. The molecule has 5 rings (SSSR count). The van der Waals surface area contributed by atoms with E-state index in [9.17, 15) is 9.59 Å². The third kappa shape index (κ3) is 4.90. The summed E-state index contributed by atoms with van der Waals surface area (Å²) in [6, 6.07) is 16.9. The summed E-state index contributed by atoms with van der Waals surface area (Å²) in [5.41, 5.74) is 3.66. The minimum absolute atomic E-state index is 0.167. The van der Waals surface area contributed by atoms with Crippen LogP contribution in [0.5, 0.6) is 0 Å². The summed E-state index contributed by atoms with van der Waals surface area (Å²) in [7, 11) is 0. The Balaban J connectivity index is 1.45. The summed E-state index contributed by atoms with van der Waals surface area (Å²) in [6.07, 6.45) is 4.41. The molecule has 1 fully saturated rings. The van der Waals surface area contributed by atoms with Crippen molar-refractivity contribution in [3.8, 4) is 5.69 Å². The first kappa shape index (κ1) is 22.3. The lowest BCUT2D eigenvalue weighted by Gasteiger charge is -2.29. The van der Waals surface area contributed by atoms with E-state index in [1.165, 1.54) is 24.0 Å². The number of carbonyl (C=O) groups excluding carboxylic acids is 1. The van der Waals surface area contributed by atoms with Gasteiger partial charge in [0.15, 0.2) is 11.1 Å². The number of piperazine rings is 1. The van der Waals surface area contributed by atoms with Gasteiger partial charge < -0.3 is 25.4 Å². The van der Waals surface area contributed by atoms with E-state index < -0.39 is 0 Å². The van der Waals surface area contributed by atoms with Crippen molar-refractivity contribution >= 4 is 40.0 Å². The predicted octanol–water partition coefficient (Wildman–Crippen LogP) is 3.06. The van der Waals surface area contributed by atoms with E-state index in [-0.39, 0.29) is 11.3 Å². The number of nitrogens with zero attached hydrogens (tertiary/aromatic N) is 4. The zero-order chi connectivity index (χ0) is 24.2. The summed E-state index contributed by atoms with van der Waals surface area (Å²) < 4.78 is 1.79. The van der Waals surface area contributed by atoms with Crippen molar-refractivity contribution in [3.05, 3.63) is 89.9 Å². The van der Waals surface area contributed by atoms with E-state index in [4.69, 9.17) is 0 Å². The number of anilines is 4. The smallest absolute Gasteiger partial charge is 0.247 e. The maximum absolute atomic E-state index is 12.5. The second kappa shape index (κ2) is 9.78. The number of amides is 1. The molecule has 1 aliphatic heterocycles. The Kier molecular flexibility index (Phi) is 6.23. The third-order valence-electron chi connectivity index (χ3n) is 5.82. The van der Waals surface area contributed by atoms with Crippen LogP contribution in [0.1, 0.15) is 0 Å². The maximum atomic E-state index is 12.5. The Hall–Kier alpha value is -4.50. The van der Waals surface area contributed by atoms with E-state index in [0.717, 1.165) is 37.6 Å². The number of hydrogen-bond donors (Lipinski definition) is 3. The summed E-state index contributed by atoms with van der Waals surface area (Å²) in [5.74, 6) is 0.0755. The maximum Gasteiger partial charge on any atom is 0.247 e. The minimum Gasteiger partial charge on any atom is -0.369 e. The molecule has 1 amide bonds. The van der Waals surface area contributed by atoms with Crippen LogP contribution in [0.2, 0.25) is 0 Å². The highest BCUT2D eigenvalue weighted by atomic mass is 16.1. The number of benzene rings is 2. The van der Waals surface area contributed by atoms with E-state index in [1.807, 2.05) is 24.3 Å². The molecule has 3 heterocycles. The van der Waals surface area contributed by atoms with Crippen LogP contribution in [-0.2, 0) is 4.79 Å². The quantitative estimate of drug-likeness (QED) is 0.375. The number of nitrogens with one attached hydrogen (secondary N) is 3. The summed E-state index contributed by atoms with van der Waals surface area (Å²) >= 11 is 0. The highest BCUT2D eigenvalue weighted by Crippen LogP contribution is 2.22. The molecule has 3 N–H and O–H groups in total. The molecule has 176 valence electrons. The first-order valence-electron chi connectivity index (χ1n) is 11.4. The summed E-state index contributed by atoms with van der Waals surface area (Å²) in [6.45, 7) is 7.41. The lowest BCUT2D eigenvalue weighted by Crippen LogP contribution is -2.43. The Bertz CT molecular complexity index is 1440. The topological polar surface area (TPSA) is 104 Å². The molecule has 0 bridgehead atoms. The molecule has 0 saturated carbocycles. The monoisotopic (exact) mass is 467 g/mol. The molecule has 9 nitrogen and oxygen atoms in total. The van der Waals surface area contributed by atoms with Crippen LogP contribution in [0.3, 0.4) is 0 Å². The Morgan fingerprint density at radius 2 is 1.83 bits per heavy atom. The van der Waals surface area contributed by atoms with Crippen molar-refractivity contribution in [2.24, 2.45) is 0 Å². The molecule has 1 aliphatic rings. The number of hydrogen-bond acceptors (Lipinski definition) is 7. The first-order chi connectivity index (χ1) is 17.1. The third-order valence-corrected chi connectivity index (χ3v) is 5.82. The summed E-state index contributed by atoms with van der Waals surface area (Å²) in [5, 5.41) is 9.74. The van der Waals surface area contributed by atoms with Gasteiger partial charge in [0.25, 0.3) is 0 Å². The number of carbonyl (C=O) groups is 1. The molecular formula is C26H25N7O2. The fourth-order valence-electron chi connectivity index (χ4n) is 4.04. The molecule has 0 aliphatic carbocycles. The lowest BCUT2D eigenvalue weighted by atomic mass is 10.2. The van der Waals surface area contributed by atoms with Gasteiger partial charge in [-0.1, -0.05) is 12.6 Å². The Morgan fingerprint density at radius 1 is 1.03 bits per heavy atom. The van der Waals surface area contributed by atoms with Gasteiger partial charge >= 0.3 is 0 Å². The van der Waals surface area contributed by atoms with Gasteiger partial charge in [0, 0.05) is 67.4 Å². The number of fused-ring (bicyclic) bond motifs is 1. The highest BCUT2D eigenvalue weighted by molar-refractivity contribution is 5.99. The zero-order valence-electron chi connectivity index (χ0n) is 19.1. The highest BCUT2D eigenvalue weighted by Gasteiger charge is 2.12. The van der Waals surface area contributed by atoms with E-state index in [2.05, 4.69) is 49.5 Å². The molecule has 35 heavy (non-hydrogen) atoms. The van der Waals surface area contributed by atoms with Gasteiger partial charge in [0.1, 0.15) is 0 Å². The van der Waals surface area contributed by atoms with E-state index in [1.54, 1.807) is 22.9 Å². The predicted molar refractivity (Wildman–Crippen MR) is 139 cm³/mol. The molecule has 0 atom stereocenters. The van der Waals surface area contributed by atoms with Crippen molar-refractivity contribution < 1.29 is 4.79 Å². The molecule has 0 radical (unpaired) electrons. The van der Waals surface area contributed by atoms with Crippen molar-refractivity contribution in [2.75, 3.05) is 41.7 Å². The van der Waals surface area contributed by atoms with Gasteiger partial charge in [-0.25, -0.2) is 4.98 Å². The van der Waals surface area contributed by atoms with Crippen LogP contribution >= 0.6 is 0 Å². The zero-order valence-corrected chi connectivity index (χ0v) is 19.1. The van der Waals surface area contributed by atoms with Crippen LogP contribution in [-0.4, -0.2) is 46.6 Å². The van der Waals surface area contributed by atoms with E-state index >= 15 is 0 Å². The van der Waals surface area contributed by atoms with Crippen molar-refractivity contribution in [3.63, 3.8) is 0 Å². The number of rotatable bonds is 6. The second-order valence-electron chi connectivity index (χ2n) is 8.13. The largest absolute Gasteiger partial charge is 0.369 e. The van der Waals surface area contributed by atoms with Crippen LogP contribution in [0.4, 0.5) is 23.0 Å². The van der Waals surface area contributed by atoms with Gasteiger partial charge in [0.2, 0.25) is 11.9 Å². The van der Waals surface area contributed by atoms with Gasteiger partial charge in [-0.05, 0) is 48.5 Å². The molecule has 4 aromatic rings. The van der Waals surface area contributed by atoms with Gasteiger partial charge in [-0.3, -0.25) is 9.59 Å². The minimum atomic E-state index is -0.302. The van der Waals surface area contributed by atoms with Crippen LogP contribution in [0, 0.1) is 0 Å². The fraction of sp³-hybridized carbons (Fsp3) is 0.154. The van der Waals surface area contributed by atoms with Crippen LogP contribution in [0.15, 0.2) is 84.4 Å².